The van der Waals surface area contributed by atoms with Gasteiger partial charge in [0.1, 0.15) is 12.4 Å². The summed E-state index contributed by atoms with van der Waals surface area (Å²) in [4.78, 5) is 4.71. The van der Waals surface area contributed by atoms with E-state index in [1.807, 2.05) is 50.6 Å². The van der Waals surface area contributed by atoms with Crippen LogP contribution < -0.4 is 20.1 Å². The molecule has 1 atom stereocenters. The van der Waals surface area contributed by atoms with Crippen molar-refractivity contribution in [1.29, 1.82) is 0 Å². The van der Waals surface area contributed by atoms with Gasteiger partial charge in [0.05, 0.1) is 19.3 Å². The van der Waals surface area contributed by atoms with Gasteiger partial charge in [0.25, 0.3) is 0 Å². The van der Waals surface area contributed by atoms with Crippen molar-refractivity contribution < 1.29 is 14.2 Å². The zero-order valence-electron chi connectivity index (χ0n) is 19.6. The van der Waals surface area contributed by atoms with Crippen molar-refractivity contribution in [2.24, 2.45) is 12.0 Å². The van der Waals surface area contributed by atoms with Crippen LogP contribution in [0.2, 0.25) is 0 Å². The Bertz CT molecular complexity index is 837. The number of methoxy groups -OCH3 is 1. The molecule has 0 aliphatic heterocycles. The SMILES string of the molecule is CCOc1ccc(C(C)NC(=NCc2nnc(C)n2C)NCCCOC)cc1OCC. The van der Waals surface area contributed by atoms with E-state index in [4.69, 9.17) is 19.2 Å². The molecule has 2 rings (SSSR count). The average Bonchev–Trinajstić information content (AvgIpc) is 3.08. The van der Waals surface area contributed by atoms with Crippen molar-refractivity contribution in [2.75, 3.05) is 33.5 Å². The summed E-state index contributed by atoms with van der Waals surface area (Å²) in [6.45, 7) is 11.0. The highest BCUT2D eigenvalue weighted by atomic mass is 16.5. The molecular weight excluding hydrogens is 396 g/mol. The summed E-state index contributed by atoms with van der Waals surface area (Å²) in [6.07, 6.45) is 0.881. The van der Waals surface area contributed by atoms with E-state index < -0.39 is 0 Å². The third-order valence-corrected chi connectivity index (χ3v) is 4.80. The summed E-state index contributed by atoms with van der Waals surface area (Å²) in [5.41, 5.74) is 1.08. The van der Waals surface area contributed by atoms with Crippen LogP contribution in [0.5, 0.6) is 11.5 Å². The van der Waals surface area contributed by atoms with Gasteiger partial charge in [-0.15, -0.1) is 10.2 Å². The summed E-state index contributed by atoms with van der Waals surface area (Å²) < 4.78 is 18.5. The van der Waals surface area contributed by atoms with E-state index >= 15 is 0 Å². The number of nitrogens with zero attached hydrogens (tertiary/aromatic N) is 4. The second-order valence-corrected chi connectivity index (χ2v) is 7.10. The molecule has 1 aromatic carbocycles. The number of nitrogens with one attached hydrogen (secondary N) is 2. The Morgan fingerprint density at radius 2 is 1.90 bits per heavy atom. The second-order valence-electron chi connectivity index (χ2n) is 7.10. The third-order valence-electron chi connectivity index (χ3n) is 4.80. The number of ether oxygens (including phenoxy) is 3. The first-order chi connectivity index (χ1) is 15.0. The summed E-state index contributed by atoms with van der Waals surface area (Å²) >= 11 is 0. The van der Waals surface area contributed by atoms with Gasteiger partial charge in [0, 0.05) is 27.3 Å². The lowest BCUT2D eigenvalue weighted by atomic mass is 10.1. The van der Waals surface area contributed by atoms with Crippen LogP contribution in [0.15, 0.2) is 23.2 Å². The molecule has 0 saturated heterocycles. The number of hydrogen-bond acceptors (Lipinski definition) is 6. The van der Waals surface area contributed by atoms with Crippen LogP contribution in [0.25, 0.3) is 0 Å². The summed E-state index contributed by atoms with van der Waals surface area (Å²) in [7, 11) is 3.64. The number of hydrogen-bond donors (Lipinski definition) is 2. The molecule has 0 aliphatic carbocycles. The van der Waals surface area contributed by atoms with Gasteiger partial charge < -0.3 is 29.4 Å². The Hall–Kier alpha value is -2.81. The first-order valence-corrected chi connectivity index (χ1v) is 10.8. The number of benzene rings is 1. The molecule has 172 valence electrons. The van der Waals surface area contributed by atoms with E-state index in [-0.39, 0.29) is 6.04 Å². The summed E-state index contributed by atoms with van der Waals surface area (Å²) in [6, 6.07) is 6.01. The third kappa shape index (κ3) is 7.43. The van der Waals surface area contributed by atoms with Crippen molar-refractivity contribution in [1.82, 2.24) is 25.4 Å². The van der Waals surface area contributed by atoms with Crippen molar-refractivity contribution in [3.8, 4) is 11.5 Å². The van der Waals surface area contributed by atoms with Crippen molar-refractivity contribution in [3.63, 3.8) is 0 Å². The molecule has 0 fully saturated rings. The van der Waals surface area contributed by atoms with Gasteiger partial charge in [-0.05, 0) is 51.8 Å². The molecule has 31 heavy (non-hydrogen) atoms. The van der Waals surface area contributed by atoms with E-state index in [9.17, 15) is 0 Å². The Morgan fingerprint density at radius 3 is 2.55 bits per heavy atom. The van der Waals surface area contributed by atoms with Crippen LogP contribution in [0.1, 0.15) is 50.4 Å². The molecule has 0 amide bonds. The molecule has 0 aliphatic rings. The van der Waals surface area contributed by atoms with E-state index in [0.717, 1.165) is 41.7 Å². The molecule has 1 heterocycles. The monoisotopic (exact) mass is 432 g/mol. The number of rotatable bonds is 12. The molecule has 9 nitrogen and oxygen atoms in total. The topological polar surface area (TPSA) is 94.8 Å². The molecule has 0 spiro atoms. The maximum Gasteiger partial charge on any atom is 0.192 e. The minimum atomic E-state index is 0.00444. The van der Waals surface area contributed by atoms with E-state index in [2.05, 4.69) is 27.8 Å². The molecule has 2 N–H and O–H groups in total. The average molecular weight is 433 g/mol. The normalized spacial score (nSPS) is 12.5. The zero-order valence-corrected chi connectivity index (χ0v) is 19.6. The van der Waals surface area contributed by atoms with Gasteiger partial charge in [-0.1, -0.05) is 6.07 Å². The predicted octanol–water partition coefficient (Wildman–Crippen LogP) is 2.75. The fraction of sp³-hybridized carbons (Fsp3) is 0.591. The van der Waals surface area contributed by atoms with Crippen LogP contribution in [-0.2, 0) is 18.3 Å². The van der Waals surface area contributed by atoms with Crippen LogP contribution >= 0.6 is 0 Å². The minimum absolute atomic E-state index is 0.00444. The lowest BCUT2D eigenvalue weighted by Gasteiger charge is -2.20. The summed E-state index contributed by atoms with van der Waals surface area (Å²) in [5.74, 6) is 3.87. The highest BCUT2D eigenvalue weighted by Gasteiger charge is 2.13. The first kappa shape index (κ1) is 24.5. The molecule has 0 bridgehead atoms. The Balaban J connectivity index is 2.14. The van der Waals surface area contributed by atoms with E-state index in [0.29, 0.717) is 32.3 Å². The Labute approximate surface area is 185 Å². The molecule has 1 aromatic heterocycles. The van der Waals surface area contributed by atoms with Crippen LogP contribution in [0.4, 0.5) is 0 Å². The predicted molar refractivity (Wildman–Crippen MR) is 122 cm³/mol. The van der Waals surface area contributed by atoms with E-state index in [1.54, 1.807) is 7.11 Å². The molecular formula is C22H36N6O3. The van der Waals surface area contributed by atoms with Crippen LogP contribution in [-0.4, -0.2) is 54.2 Å². The fourth-order valence-electron chi connectivity index (χ4n) is 2.94. The second kappa shape index (κ2) is 12.8. The van der Waals surface area contributed by atoms with Crippen LogP contribution in [0, 0.1) is 6.92 Å². The van der Waals surface area contributed by atoms with Gasteiger partial charge in [0.2, 0.25) is 0 Å². The number of aryl methyl sites for hydroxylation is 1. The van der Waals surface area contributed by atoms with Crippen molar-refractivity contribution >= 4 is 5.96 Å². The van der Waals surface area contributed by atoms with E-state index in [1.165, 1.54) is 0 Å². The highest BCUT2D eigenvalue weighted by molar-refractivity contribution is 5.80. The number of aliphatic imine (C=N–C) groups is 1. The van der Waals surface area contributed by atoms with Gasteiger partial charge in [0.15, 0.2) is 23.3 Å². The standard InChI is InChI=1S/C22H36N6O3/c1-7-30-19-11-10-18(14-20(19)31-8-2)16(3)25-22(23-12-9-13-29-6)24-15-21-27-26-17(4)28(21)5/h10-11,14,16H,7-9,12-13,15H2,1-6H3,(H2,23,24,25). The lowest BCUT2D eigenvalue weighted by Crippen LogP contribution is -2.39. The number of guanidine groups is 1. The smallest absolute Gasteiger partial charge is 0.192 e. The van der Waals surface area contributed by atoms with Gasteiger partial charge in [-0.2, -0.15) is 0 Å². The Kier molecular flexibility index (Phi) is 10.1. The maximum absolute atomic E-state index is 5.77. The molecule has 1 unspecified atom stereocenters. The van der Waals surface area contributed by atoms with Gasteiger partial charge >= 0.3 is 0 Å². The quantitative estimate of drug-likeness (QED) is 0.302. The largest absolute Gasteiger partial charge is 0.490 e. The Morgan fingerprint density at radius 1 is 1.16 bits per heavy atom. The van der Waals surface area contributed by atoms with Gasteiger partial charge in [-0.25, -0.2) is 4.99 Å². The fourth-order valence-corrected chi connectivity index (χ4v) is 2.94. The zero-order chi connectivity index (χ0) is 22.6. The minimum Gasteiger partial charge on any atom is -0.490 e. The lowest BCUT2D eigenvalue weighted by molar-refractivity contribution is 0.195. The van der Waals surface area contributed by atoms with Crippen molar-refractivity contribution in [2.45, 2.75) is 46.7 Å². The van der Waals surface area contributed by atoms with Gasteiger partial charge in [-0.3, -0.25) is 0 Å². The molecule has 9 heteroatoms. The summed E-state index contributed by atoms with van der Waals surface area (Å²) in [5, 5.41) is 15.1. The maximum atomic E-state index is 5.77. The van der Waals surface area contributed by atoms with Crippen LogP contribution in [0.3, 0.4) is 0 Å². The molecule has 0 radical (unpaired) electrons. The molecule has 0 saturated carbocycles. The molecule has 2 aromatic rings. The highest BCUT2D eigenvalue weighted by Crippen LogP contribution is 2.30. The first-order valence-electron chi connectivity index (χ1n) is 10.8. The number of aromatic nitrogens is 3. The van der Waals surface area contributed by atoms with Crippen molar-refractivity contribution in [3.05, 3.63) is 35.4 Å².